The molecule has 0 aliphatic carbocycles. The van der Waals surface area contributed by atoms with Crippen LogP contribution in [0.25, 0.3) is 0 Å². The van der Waals surface area contributed by atoms with Crippen LogP contribution in [-0.2, 0) is 4.74 Å². The van der Waals surface area contributed by atoms with Gasteiger partial charge in [-0.1, -0.05) is 34.6 Å². The highest BCUT2D eigenvalue weighted by Gasteiger charge is 2.34. The Balaban J connectivity index is 2.79. The highest BCUT2D eigenvalue weighted by atomic mass is 16.5. The van der Waals surface area contributed by atoms with Gasteiger partial charge in [0.1, 0.15) is 0 Å². The van der Waals surface area contributed by atoms with Crippen LogP contribution in [0.1, 0.15) is 87.4 Å². The van der Waals surface area contributed by atoms with E-state index in [4.69, 9.17) is 9.72 Å². The summed E-state index contributed by atoms with van der Waals surface area (Å²) in [5, 5.41) is 0. The lowest BCUT2D eigenvalue weighted by Crippen LogP contribution is -2.18. The van der Waals surface area contributed by atoms with Crippen LogP contribution in [0.4, 0.5) is 0 Å². The van der Waals surface area contributed by atoms with Gasteiger partial charge in [-0.3, -0.25) is 4.98 Å². The van der Waals surface area contributed by atoms with Gasteiger partial charge >= 0.3 is 0 Å². The molecule has 21 heavy (non-hydrogen) atoms. The van der Waals surface area contributed by atoms with E-state index < -0.39 is 0 Å². The molecule has 2 heteroatoms. The zero-order valence-electron chi connectivity index (χ0n) is 14.9. The largest absolute Gasteiger partial charge is 0.377 e. The summed E-state index contributed by atoms with van der Waals surface area (Å²) in [6, 6.07) is 0. The first-order chi connectivity index (χ1) is 9.75. The van der Waals surface area contributed by atoms with Crippen molar-refractivity contribution in [3.63, 3.8) is 0 Å². The standard InChI is InChI=1S/C19H31NO/c1-10(2)16-9-21-15(8)13(6)17-12(5)14(7)20-19(11(3)4)18(16)17/h10-11,13,15-16H,9H2,1-8H3/t13-,15+,16?/m0/s1. The molecule has 0 saturated heterocycles. The molecule has 1 unspecified atom stereocenters. The Morgan fingerprint density at radius 3 is 2.19 bits per heavy atom. The third-order valence-corrected chi connectivity index (χ3v) is 5.22. The number of aryl methyl sites for hydroxylation is 1. The first kappa shape index (κ1) is 16.5. The molecule has 1 aliphatic rings. The molecule has 1 aromatic heterocycles. The van der Waals surface area contributed by atoms with Crippen LogP contribution >= 0.6 is 0 Å². The molecule has 0 radical (unpaired) electrons. The van der Waals surface area contributed by atoms with Crippen LogP contribution in [0.3, 0.4) is 0 Å². The lowest BCUT2D eigenvalue weighted by Gasteiger charge is -2.28. The molecule has 2 heterocycles. The summed E-state index contributed by atoms with van der Waals surface area (Å²) in [4.78, 5) is 4.96. The Bertz CT molecular complexity index is 519. The highest BCUT2D eigenvalue weighted by molar-refractivity contribution is 5.46. The van der Waals surface area contributed by atoms with Crippen LogP contribution in [-0.4, -0.2) is 17.7 Å². The van der Waals surface area contributed by atoms with Crippen LogP contribution in [0.15, 0.2) is 0 Å². The number of ether oxygens (including phenoxy) is 1. The van der Waals surface area contributed by atoms with Crippen LogP contribution in [0.2, 0.25) is 0 Å². The van der Waals surface area contributed by atoms with Gasteiger partial charge in [0.05, 0.1) is 12.7 Å². The lowest BCUT2D eigenvalue weighted by atomic mass is 9.78. The predicted octanol–water partition coefficient (Wildman–Crippen LogP) is 5.08. The van der Waals surface area contributed by atoms with Crippen LogP contribution in [0.5, 0.6) is 0 Å². The van der Waals surface area contributed by atoms with Gasteiger partial charge in [-0.15, -0.1) is 0 Å². The SMILES string of the molecule is Cc1nc(C(C)C)c2c(c1C)[C@@H](C)[C@@H](C)OCC2C(C)C. The molecule has 0 saturated carbocycles. The number of nitrogens with zero attached hydrogens (tertiary/aromatic N) is 1. The van der Waals surface area contributed by atoms with E-state index in [1.807, 2.05) is 0 Å². The third kappa shape index (κ3) is 2.88. The van der Waals surface area contributed by atoms with Crippen LogP contribution in [0, 0.1) is 19.8 Å². The topological polar surface area (TPSA) is 22.1 Å². The summed E-state index contributed by atoms with van der Waals surface area (Å²) in [7, 11) is 0. The van der Waals surface area contributed by atoms with Crippen molar-refractivity contribution in [3.8, 4) is 0 Å². The summed E-state index contributed by atoms with van der Waals surface area (Å²) in [5.74, 6) is 1.92. The number of hydrogen-bond acceptors (Lipinski definition) is 2. The zero-order chi connectivity index (χ0) is 15.9. The van der Waals surface area contributed by atoms with Crippen molar-refractivity contribution in [2.24, 2.45) is 5.92 Å². The van der Waals surface area contributed by atoms with Gasteiger partial charge in [0, 0.05) is 23.2 Å². The first-order valence-corrected chi connectivity index (χ1v) is 8.38. The second-order valence-corrected chi connectivity index (χ2v) is 7.37. The van der Waals surface area contributed by atoms with Gasteiger partial charge in [-0.2, -0.15) is 0 Å². The predicted molar refractivity (Wildman–Crippen MR) is 89.2 cm³/mol. The second-order valence-electron chi connectivity index (χ2n) is 7.37. The Labute approximate surface area is 130 Å². The van der Waals surface area contributed by atoms with E-state index >= 15 is 0 Å². The van der Waals surface area contributed by atoms with Gasteiger partial charge in [-0.05, 0) is 49.3 Å². The molecule has 118 valence electrons. The van der Waals surface area contributed by atoms with Crippen molar-refractivity contribution >= 4 is 0 Å². The summed E-state index contributed by atoms with van der Waals surface area (Å²) in [6.07, 6.45) is 0.271. The van der Waals surface area contributed by atoms with Gasteiger partial charge in [-0.25, -0.2) is 0 Å². The molecule has 0 amide bonds. The molecule has 0 bridgehead atoms. The number of rotatable bonds is 2. The Morgan fingerprint density at radius 2 is 1.67 bits per heavy atom. The minimum absolute atomic E-state index is 0.271. The summed E-state index contributed by atoms with van der Waals surface area (Å²) < 4.78 is 6.17. The average molecular weight is 289 g/mol. The fourth-order valence-electron chi connectivity index (χ4n) is 3.52. The average Bonchev–Trinajstić information content (AvgIpc) is 2.52. The van der Waals surface area contributed by atoms with Gasteiger partial charge in [0.2, 0.25) is 0 Å². The highest BCUT2D eigenvalue weighted by Crippen LogP contribution is 2.42. The zero-order valence-corrected chi connectivity index (χ0v) is 14.9. The molecule has 2 nitrogen and oxygen atoms in total. The summed E-state index contributed by atoms with van der Waals surface area (Å²) in [5.41, 5.74) is 6.83. The molecule has 1 aliphatic heterocycles. The van der Waals surface area contributed by atoms with E-state index in [0.717, 1.165) is 6.61 Å². The number of pyridine rings is 1. The molecule has 0 aromatic carbocycles. The number of fused-ring (bicyclic) bond motifs is 1. The van der Waals surface area contributed by atoms with Gasteiger partial charge in [0.15, 0.2) is 0 Å². The second kappa shape index (κ2) is 6.08. The fourth-order valence-corrected chi connectivity index (χ4v) is 3.52. The van der Waals surface area contributed by atoms with E-state index in [0.29, 0.717) is 23.7 Å². The molecular weight excluding hydrogens is 258 g/mol. The van der Waals surface area contributed by atoms with Crippen LogP contribution < -0.4 is 0 Å². The molecule has 2 rings (SSSR count). The Morgan fingerprint density at radius 1 is 1.05 bits per heavy atom. The molecule has 0 spiro atoms. The number of hydrogen-bond donors (Lipinski definition) is 0. The smallest absolute Gasteiger partial charge is 0.0613 e. The summed E-state index contributed by atoms with van der Waals surface area (Å²) >= 11 is 0. The van der Waals surface area contributed by atoms with Gasteiger partial charge < -0.3 is 4.74 Å². The molecule has 1 aromatic rings. The van der Waals surface area contributed by atoms with E-state index in [1.54, 1.807) is 0 Å². The van der Waals surface area contributed by atoms with Crippen molar-refractivity contribution in [1.29, 1.82) is 0 Å². The van der Waals surface area contributed by atoms with E-state index in [9.17, 15) is 0 Å². The monoisotopic (exact) mass is 289 g/mol. The fraction of sp³-hybridized carbons (Fsp3) is 0.737. The lowest BCUT2D eigenvalue weighted by molar-refractivity contribution is 0.0419. The molecule has 0 N–H and O–H groups in total. The normalized spacial score (nSPS) is 26.1. The maximum Gasteiger partial charge on any atom is 0.0613 e. The van der Waals surface area contributed by atoms with E-state index in [-0.39, 0.29) is 6.10 Å². The quantitative estimate of drug-likeness (QED) is 0.757. The number of aromatic nitrogens is 1. The van der Waals surface area contributed by atoms with Gasteiger partial charge in [0.25, 0.3) is 0 Å². The van der Waals surface area contributed by atoms with Crippen molar-refractivity contribution in [2.75, 3.05) is 6.61 Å². The molecule has 0 fully saturated rings. The van der Waals surface area contributed by atoms with Crippen molar-refractivity contribution in [3.05, 3.63) is 28.1 Å². The maximum absolute atomic E-state index is 6.17. The van der Waals surface area contributed by atoms with Crippen molar-refractivity contribution in [2.45, 2.75) is 79.2 Å². The van der Waals surface area contributed by atoms with E-state index in [1.165, 1.54) is 28.1 Å². The first-order valence-electron chi connectivity index (χ1n) is 8.38. The van der Waals surface area contributed by atoms with E-state index in [2.05, 4.69) is 55.4 Å². The molecular formula is C19H31NO. The minimum atomic E-state index is 0.271. The van der Waals surface area contributed by atoms with Crippen molar-refractivity contribution in [1.82, 2.24) is 4.98 Å². The third-order valence-electron chi connectivity index (χ3n) is 5.22. The van der Waals surface area contributed by atoms with Crippen molar-refractivity contribution < 1.29 is 4.74 Å². The maximum atomic E-state index is 6.17. The Kier molecular flexibility index (Phi) is 4.77. The molecule has 3 atom stereocenters. The minimum Gasteiger partial charge on any atom is -0.377 e. The summed E-state index contributed by atoms with van der Waals surface area (Å²) in [6.45, 7) is 18.8. The Hall–Kier alpha value is -0.890.